The lowest BCUT2D eigenvalue weighted by molar-refractivity contribution is -0.152. The summed E-state index contributed by atoms with van der Waals surface area (Å²) < 4.78 is 44.9. The summed E-state index contributed by atoms with van der Waals surface area (Å²) in [6, 6.07) is 3.39. The molecule has 3 rings (SSSR count). The molecule has 0 aromatic heterocycles. The molecule has 1 aromatic rings. The van der Waals surface area contributed by atoms with E-state index in [0.29, 0.717) is 5.75 Å². The molecule has 0 bridgehead atoms. The lowest BCUT2D eigenvalue weighted by atomic mass is 10.0. The number of esters is 1. The highest BCUT2D eigenvalue weighted by atomic mass is 79.9. The second kappa shape index (κ2) is 13.2. The molecule has 2 aliphatic rings. The minimum absolute atomic E-state index is 0.0122. The van der Waals surface area contributed by atoms with E-state index >= 15 is 0 Å². The maximum atomic E-state index is 13.8. The van der Waals surface area contributed by atoms with Crippen molar-refractivity contribution < 1.29 is 46.9 Å². The summed E-state index contributed by atoms with van der Waals surface area (Å²) in [5, 5.41) is 8.49. The number of carbonyl (C=O) groups is 3. The Morgan fingerprint density at radius 2 is 1.98 bits per heavy atom. The van der Waals surface area contributed by atoms with E-state index in [1.165, 1.54) is 52.2 Å². The standard InChI is InChI=1S/C22H30BrN6O10P/c1-12(18(30)35-4)27-40(33,39-14-8-6-13(34-3)7-9-14)37-11-16-15(26-28-24)10-17(38-16)29-20(36-5)22(2,23)19(31)25-21(29)32/h6-9,12,15-17,20H,10-11H2,1-5H3,(H,27,33)(H,25,31,32)/t12-,15?,16+,17+,20+,22-,40?/m0/s1. The maximum absolute atomic E-state index is 13.8. The second-order valence-electron chi connectivity index (χ2n) is 8.90. The van der Waals surface area contributed by atoms with Gasteiger partial charge in [-0.2, -0.15) is 5.09 Å². The lowest BCUT2D eigenvalue weighted by Crippen LogP contribution is -2.69. The van der Waals surface area contributed by atoms with Crippen LogP contribution in [0.4, 0.5) is 4.79 Å². The summed E-state index contributed by atoms with van der Waals surface area (Å²) >= 11 is 3.30. The molecule has 18 heteroatoms. The third-order valence-corrected chi connectivity index (χ3v) is 8.55. The van der Waals surface area contributed by atoms with Crippen molar-refractivity contribution in [2.75, 3.05) is 27.9 Å². The molecule has 1 aromatic carbocycles. The molecule has 3 amide bonds. The van der Waals surface area contributed by atoms with Crippen LogP contribution < -0.4 is 19.7 Å². The Morgan fingerprint density at radius 1 is 1.32 bits per heavy atom. The number of benzene rings is 1. The van der Waals surface area contributed by atoms with Crippen molar-refractivity contribution >= 4 is 41.6 Å². The summed E-state index contributed by atoms with van der Waals surface area (Å²) in [4.78, 5) is 41.1. The minimum Gasteiger partial charge on any atom is -0.497 e. The molecule has 16 nitrogen and oxygen atoms in total. The Bertz CT molecular complexity index is 1200. The summed E-state index contributed by atoms with van der Waals surface area (Å²) in [5.41, 5.74) is 9.12. The molecule has 7 atom stereocenters. The number of hydrogen-bond donors (Lipinski definition) is 2. The van der Waals surface area contributed by atoms with Gasteiger partial charge in [0.25, 0.3) is 0 Å². The van der Waals surface area contributed by atoms with Crippen molar-refractivity contribution in [2.45, 2.75) is 55.2 Å². The maximum Gasteiger partial charge on any atom is 0.459 e. The number of rotatable bonds is 12. The molecule has 0 spiro atoms. The summed E-state index contributed by atoms with van der Waals surface area (Å²) in [7, 11) is -0.296. The van der Waals surface area contributed by atoms with Crippen molar-refractivity contribution in [1.82, 2.24) is 15.3 Å². The molecular formula is C22H30BrN6O10P. The number of azide groups is 1. The normalized spacial score (nSPS) is 28.6. The number of methoxy groups -OCH3 is 3. The Balaban J connectivity index is 1.82. The van der Waals surface area contributed by atoms with E-state index in [9.17, 15) is 18.9 Å². The molecule has 2 unspecified atom stereocenters. The van der Waals surface area contributed by atoms with E-state index in [1.54, 1.807) is 12.1 Å². The predicted molar refractivity (Wildman–Crippen MR) is 142 cm³/mol. The summed E-state index contributed by atoms with van der Waals surface area (Å²) in [6.07, 6.45) is -3.08. The monoisotopic (exact) mass is 648 g/mol. The van der Waals surface area contributed by atoms with Crippen molar-refractivity contribution in [3.8, 4) is 11.5 Å². The zero-order chi connectivity index (χ0) is 29.7. The van der Waals surface area contributed by atoms with Crippen molar-refractivity contribution in [1.29, 1.82) is 0 Å². The van der Waals surface area contributed by atoms with Gasteiger partial charge in [-0.15, -0.1) is 0 Å². The Hall–Kier alpha value is -2.91. The van der Waals surface area contributed by atoms with Crippen LogP contribution in [0, 0.1) is 0 Å². The van der Waals surface area contributed by atoms with Gasteiger partial charge in [-0.1, -0.05) is 21.0 Å². The lowest BCUT2D eigenvalue weighted by Gasteiger charge is -2.44. The number of nitrogens with one attached hydrogen (secondary N) is 2. The van der Waals surface area contributed by atoms with E-state index < -0.39 is 67.2 Å². The molecule has 2 heterocycles. The van der Waals surface area contributed by atoms with Crippen molar-refractivity contribution in [3.05, 3.63) is 34.7 Å². The quantitative estimate of drug-likeness (QED) is 0.0843. The molecule has 2 N–H and O–H groups in total. The third kappa shape index (κ3) is 7.04. The number of urea groups is 1. The number of ether oxygens (including phenoxy) is 4. The van der Waals surface area contributed by atoms with Crippen LogP contribution in [-0.4, -0.2) is 85.7 Å². The highest BCUT2D eigenvalue weighted by Crippen LogP contribution is 2.46. The third-order valence-electron chi connectivity index (χ3n) is 6.15. The van der Waals surface area contributed by atoms with Crippen LogP contribution in [0.5, 0.6) is 11.5 Å². The van der Waals surface area contributed by atoms with Crippen LogP contribution in [-0.2, 0) is 32.9 Å². The average molecular weight is 649 g/mol. The first-order valence-electron chi connectivity index (χ1n) is 11.9. The zero-order valence-corrected chi connectivity index (χ0v) is 24.8. The van der Waals surface area contributed by atoms with Gasteiger partial charge in [-0.3, -0.25) is 24.3 Å². The van der Waals surface area contributed by atoms with Crippen molar-refractivity contribution in [3.63, 3.8) is 0 Å². The minimum atomic E-state index is -4.27. The average Bonchev–Trinajstić information content (AvgIpc) is 3.31. The number of carbonyl (C=O) groups excluding carboxylic acids is 3. The van der Waals surface area contributed by atoms with Crippen LogP contribution in [0.15, 0.2) is 29.4 Å². The topological polar surface area (TPSA) is 200 Å². The second-order valence-corrected chi connectivity index (χ2v) is 12.2. The fourth-order valence-corrected chi connectivity index (χ4v) is 6.12. The number of hydrogen-bond acceptors (Lipinski definition) is 11. The van der Waals surface area contributed by atoms with E-state index in [4.69, 9.17) is 28.8 Å². The molecule has 2 fully saturated rings. The molecule has 0 saturated carbocycles. The smallest absolute Gasteiger partial charge is 0.459 e. The first-order valence-corrected chi connectivity index (χ1v) is 14.2. The van der Waals surface area contributed by atoms with Crippen LogP contribution in [0.2, 0.25) is 0 Å². The first-order chi connectivity index (χ1) is 18.9. The number of halogens is 1. The predicted octanol–water partition coefficient (Wildman–Crippen LogP) is 2.82. The molecule has 2 aliphatic heterocycles. The largest absolute Gasteiger partial charge is 0.497 e. The molecular weight excluding hydrogens is 619 g/mol. The summed E-state index contributed by atoms with van der Waals surface area (Å²) in [6.45, 7) is 2.49. The van der Waals surface area contributed by atoms with Gasteiger partial charge < -0.3 is 23.5 Å². The first kappa shape index (κ1) is 31.6. The number of imide groups is 1. The SMILES string of the molecule is COC(=O)[C@H](C)NP(=O)(OC[C@H]1O[C@@H](N2C(=O)NC(=O)[C@](C)(Br)[C@H]2OC)CC1N=[N+]=[N-])Oc1ccc(OC)cc1. The molecule has 40 heavy (non-hydrogen) atoms. The van der Waals surface area contributed by atoms with E-state index in [2.05, 4.69) is 41.1 Å². The van der Waals surface area contributed by atoms with Gasteiger partial charge in [-0.05, 0) is 43.6 Å². The van der Waals surface area contributed by atoms with Gasteiger partial charge >= 0.3 is 19.7 Å². The van der Waals surface area contributed by atoms with Crippen LogP contribution in [0.25, 0.3) is 10.4 Å². The summed E-state index contributed by atoms with van der Waals surface area (Å²) in [5.74, 6) is -0.661. The molecule has 0 aliphatic carbocycles. The fraction of sp³-hybridized carbons (Fsp3) is 0.591. The highest BCUT2D eigenvalue weighted by molar-refractivity contribution is 9.10. The van der Waals surface area contributed by atoms with Gasteiger partial charge in [0.1, 0.15) is 28.1 Å². The number of amides is 3. The highest BCUT2D eigenvalue weighted by Gasteiger charge is 2.54. The zero-order valence-electron chi connectivity index (χ0n) is 22.3. The van der Waals surface area contributed by atoms with Gasteiger partial charge in [0.05, 0.1) is 33.0 Å². The molecule has 220 valence electrons. The van der Waals surface area contributed by atoms with Gasteiger partial charge in [0.15, 0.2) is 6.23 Å². The van der Waals surface area contributed by atoms with Gasteiger partial charge in [0, 0.05) is 18.4 Å². The van der Waals surface area contributed by atoms with E-state index in [0.717, 1.165) is 0 Å². The fourth-order valence-electron chi connectivity index (χ4n) is 4.11. The van der Waals surface area contributed by atoms with Gasteiger partial charge in [-0.25, -0.2) is 9.36 Å². The Kier molecular flexibility index (Phi) is 10.4. The van der Waals surface area contributed by atoms with Crippen LogP contribution >= 0.6 is 23.7 Å². The van der Waals surface area contributed by atoms with E-state index in [-0.39, 0.29) is 12.2 Å². The Morgan fingerprint density at radius 3 is 2.55 bits per heavy atom. The molecule has 2 saturated heterocycles. The van der Waals surface area contributed by atoms with Gasteiger partial charge in [0.2, 0.25) is 5.91 Å². The van der Waals surface area contributed by atoms with E-state index in [1.807, 2.05) is 0 Å². The van der Waals surface area contributed by atoms with Crippen LogP contribution in [0.3, 0.4) is 0 Å². The Labute approximate surface area is 238 Å². The number of alkyl halides is 1. The van der Waals surface area contributed by atoms with Crippen molar-refractivity contribution in [2.24, 2.45) is 5.11 Å². The number of nitrogens with zero attached hydrogens (tertiary/aromatic N) is 4. The molecule has 0 radical (unpaired) electrons. The van der Waals surface area contributed by atoms with Crippen LogP contribution in [0.1, 0.15) is 20.3 Å².